The van der Waals surface area contributed by atoms with E-state index in [-0.39, 0.29) is 0 Å². The van der Waals surface area contributed by atoms with Gasteiger partial charge in [0, 0.05) is 15.6 Å². The number of ether oxygens (including phenoxy) is 1. The monoisotopic (exact) mass is 305 g/mol. The minimum absolute atomic E-state index is 0.328. The molecule has 0 aromatic heterocycles. The van der Waals surface area contributed by atoms with Crippen molar-refractivity contribution in [3.05, 3.63) is 33.8 Å². The van der Waals surface area contributed by atoms with E-state index < -0.39 is 18.3 Å². The molecule has 0 aliphatic carbocycles. The first-order valence-electron chi connectivity index (χ1n) is 6.04. The van der Waals surface area contributed by atoms with Gasteiger partial charge in [-0.2, -0.15) is 0 Å². The summed E-state index contributed by atoms with van der Waals surface area (Å²) < 4.78 is 4.98. The fraction of sp³-hybridized carbons (Fsp3) is 0.462. The van der Waals surface area contributed by atoms with Gasteiger partial charge in [-0.25, -0.2) is 4.79 Å². The van der Waals surface area contributed by atoms with Crippen LogP contribution in [0.25, 0.3) is 0 Å². The van der Waals surface area contributed by atoms with E-state index in [1.807, 2.05) is 6.92 Å². The first-order valence-corrected chi connectivity index (χ1v) is 6.80. The first-order chi connectivity index (χ1) is 8.95. The smallest absolute Gasteiger partial charge is 0.405 e. The van der Waals surface area contributed by atoms with Crippen LogP contribution >= 0.6 is 23.2 Å². The van der Waals surface area contributed by atoms with E-state index in [4.69, 9.17) is 33.7 Å². The number of nitrogens with two attached hydrogens (primary N) is 1. The third kappa shape index (κ3) is 4.90. The Morgan fingerprint density at radius 3 is 2.68 bits per heavy atom. The van der Waals surface area contributed by atoms with E-state index in [1.54, 1.807) is 12.1 Å². The number of carbonyl (C=O) groups is 1. The van der Waals surface area contributed by atoms with Crippen LogP contribution in [0, 0.1) is 0 Å². The van der Waals surface area contributed by atoms with Gasteiger partial charge in [0.25, 0.3) is 0 Å². The summed E-state index contributed by atoms with van der Waals surface area (Å²) >= 11 is 11.9. The molecule has 0 fully saturated rings. The van der Waals surface area contributed by atoms with E-state index in [2.05, 4.69) is 0 Å². The minimum atomic E-state index is -0.952. The van der Waals surface area contributed by atoms with Crippen LogP contribution in [0.3, 0.4) is 0 Å². The van der Waals surface area contributed by atoms with E-state index in [0.29, 0.717) is 22.0 Å². The maximum absolute atomic E-state index is 11.0. The number of hydrogen-bond acceptors (Lipinski definition) is 3. The normalized spacial score (nSPS) is 13.9. The molecular formula is C13H17Cl2NO3. The van der Waals surface area contributed by atoms with Crippen LogP contribution in [-0.2, 0) is 4.74 Å². The molecule has 4 nitrogen and oxygen atoms in total. The first kappa shape index (κ1) is 16.1. The molecule has 1 rings (SSSR count). The van der Waals surface area contributed by atoms with Gasteiger partial charge >= 0.3 is 6.09 Å². The number of aliphatic hydroxyl groups excluding tert-OH is 1. The number of aliphatic hydroxyl groups is 1. The zero-order chi connectivity index (χ0) is 14.4. The lowest BCUT2D eigenvalue weighted by Gasteiger charge is -2.23. The Kier molecular flexibility index (Phi) is 6.42. The molecule has 1 aromatic carbocycles. The van der Waals surface area contributed by atoms with Crippen LogP contribution in [0.15, 0.2) is 18.2 Å². The molecule has 0 aliphatic rings. The molecule has 0 bridgehead atoms. The van der Waals surface area contributed by atoms with Crippen molar-refractivity contribution in [2.75, 3.05) is 0 Å². The molecule has 0 saturated carbocycles. The van der Waals surface area contributed by atoms with Crippen molar-refractivity contribution in [1.82, 2.24) is 0 Å². The van der Waals surface area contributed by atoms with Crippen molar-refractivity contribution in [2.45, 2.75) is 38.4 Å². The average Bonchev–Trinajstić information content (AvgIpc) is 2.33. The molecular weight excluding hydrogens is 289 g/mol. The minimum Gasteiger partial charge on any atom is -0.439 e. The summed E-state index contributed by atoms with van der Waals surface area (Å²) in [5, 5.41) is 10.9. The van der Waals surface area contributed by atoms with Gasteiger partial charge in [0.15, 0.2) is 6.10 Å². The van der Waals surface area contributed by atoms with Gasteiger partial charge < -0.3 is 15.6 Å². The number of carbonyl (C=O) groups excluding carboxylic acids is 1. The number of halogens is 2. The van der Waals surface area contributed by atoms with Crippen molar-refractivity contribution < 1.29 is 14.6 Å². The predicted octanol–water partition coefficient (Wildman–Crippen LogP) is 3.68. The maximum Gasteiger partial charge on any atom is 0.405 e. The second kappa shape index (κ2) is 7.58. The predicted molar refractivity (Wildman–Crippen MR) is 75.4 cm³/mol. The molecule has 0 saturated heterocycles. The summed E-state index contributed by atoms with van der Waals surface area (Å²) in [5.74, 6) is 0. The third-order valence-corrected chi connectivity index (χ3v) is 3.28. The van der Waals surface area contributed by atoms with Crippen molar-refractivity contribution in [1.29, 1.82) is 0 Å². The highest BCUT2D eigenvalue weighted by atomic mass is 35.5. The van der Waals surface area contributed by atoms with Crippen molar-refractivity contribution in [2.24, 2.45) is 5.73 Å². The van der Waals surface area contributed by atoms with Gasteiger partial charge in [0.05, 0.1) is 6.10 Å². The van der Waals surface area contributed by atoms with Crippen LogP contribution in [-0.4, -0.2) is 17.3 Å². The molecule has 6 heteroatoms. The van der Waals surface area contributed by atoms with E-state index in [9.17, 15) is 9.90 Å². The zero-order valence-corrected chi connectivity index (χ0v) is 12.1. The molecule has 0 aliphatic heterocycles. The molecule has 19 heavy (non-hydrogen) atoms. The van der Waals surface area contributed by atoms with E-state index >= 15 is 0 Å². The Labute approximate surface area is 122 Å². The molecule has 1 amide bonds. The summed E-state index contributed by atoms with van der Waals surface area (Å²) in [6, 6.07) is 4.77. The van der Waals surface area contributed by atoms with Gasteiger partial charge in [-0.05, 0) is 18.6 Å². The Bertz CT molecular complexity index is 440. The lowest BCUT2D eigenvalue weighted by Crippen LogP contribution is -2.27. The lowest BCUT2D eigenvalue weighted by atomic mass is 10.00. The number of rotatable bonds is 6. The highest BCUT2D eigenvalue weighted by Gasteiger charge is 2.26. The van der Waals surface area contributed by atoms with Crippen LogP contribution in [0.4, 0.5) is 4.79 Å². The van der Waals surface area contributed by atoms with Crippen LogP contribution in [0.5, 0.6) is 0 Å². The van der Waals surface area contributed by atoms with Crippen molar-refractivity contribution in [3.8, 4) is 0 Å². The topological polar surface area (TPSA) is 72.6 Å². The maximum atomic E-state index is 11.0. The summed E-state index contributed by atoms with van der Waals surface area (Å²) in [5.41, 5.74) is 5.53. The Morgan fingerprint density at radius 1 is 1.47 bits per heavy atom. The molecule has 1 aromatic rings. The van der Waals surface area contributed by atoms with E-state index in [0.717, 1.165) is 12.8 Å². The zero-order valence-electron chi connectivity index (χ0n) is 10.6. The molecule has 0 spiro atoms. The Hall–Kier alpha value is -0.970. The number of hydrogen-bond donors (Lipinski definition) is 2. The molecule has 0 heterocycles. The summed E-state index contributed by atoms with van der Waals surface area (Å²) in [6.45, 7) is 2.01. The third-order valence-electron chi connectivity index (χ3n) is 2.72. The second-order valence-corrected chi connectivity index (χ2v) is 5.08. The highest BCUT2D eigenvalue weighted by Crippen LogP contribution is 2.32. The van der Waals surface area contributed by atoms with Gasteiger partial charge in [0.2, 0.25) is 0 Å². The van der Waals surface area contributed by atoms with Gasteiger partial charge in [0.1, 0.15) is 0 Å². The molecule has 3 N–H and O–H groups in total. The standard InChI is InChI=1S/C13H17Cl2NO3/c1-2-3-4-11(17)12(19-13(16)18)9-6-5-8(14)7-10(9)15/h5-7,11-12,17H,2-4H2,1H3,(H2,16,18). The van der Waals surface area contributed by atoms with Crippen molar-refractivity contribution in [3.63, 3.8) is 0 Å². The number of unbranched alkanes of at least 4 members (excludes halogenated alkanes) is 1. The number of benzene rings is 1. The van der Waals surface area contributed by atoms with Crippen LogP contribution in [0.2, 0.25) is 10.0 Å². The second-order valence-electron chi connectivity index (χ2n) is 4.23. The van der Waals surface area contributed by atoms with Crippen LogP contribution in [0.1, 0.15) is 37.9 Å². The molecule has 0 radical (unpaired) electrons. The summed E-state index contributed by atoms with van der Waals surface area (Å²) in [4.78, 5) is 11.0. The Morgan fingerprint density at radius 2 is 2.16 bits per heavy atom. The quantitative estimate of drug-likeness (QED) is 0.842. The summed E-state index contributed by atoms with van der Waals surface area (Å²) in [6.07, 6.45) is -0.459. The van der Waals surface area contributed by atoms with Gasteiger partial charge in [-0.3, -0.25) is 0 Å². The lowest BCUT2D eigenvalue weighted by molar-refractivity contribution is -0.0000379. The largest absolute Gasteiger partial charge is 0.439 e. The molecule has 2 unspecified atom stereocenters. The van der Waals surface area contributed by atoms with Gasteiger partial charge in [-0.15, -0.1) is 0 Å². The van der Waals surface area contributed by atoms with E-state index in [1.165, 1.54) is 6.07 Å². The fourth-order valence-electron chi connectivity index (χ4n) is 1.77. The van der Waals surface area contributed by atoms with Crippen molar-refractivity contribution >= 4 is 29.3 Å². The Balaban J connectivity index is 2.98. The average molecular weight is 306 g/mol. The van der Waals surface area contributed by atoms with Crippen LogP contribution < -0.4 is 5.73 Å². The number of amides is 1. The molecule has 2 atom stereocenters. The number of primary amides is 1. The molecule has 106 valence electrons. The SMILES string of the molecule is CCCCC(O)C(OC(N)=O)c1ccc(Cl)cc1Cl. The summed E-state index contributed by atoms with van der Waals surface area (Å²) in [7, 11) is 0. The van der Waals surface area contributed by atoms with Gasteiger partial charge in [-0.1, -0.05) is 49.0 Å². The fourth-order valence-corrected chi connectivity index (χ4v) is 2.29. The highest BCUT2D eigenvalue weighted by molar-refractivity contribution is 6.35.